The van der Waals surface area contributed by atoms with E-state index in [0.29, 0.717) is 34.7 Å². The van der Waals surface area contributed by atoms with Gasteiger partial charge >= 0.3 is 5.97 Å². The van der Waals surface area contributed by atoms with Crippen LogP contribution >= 0.6 is 15.9 Å². The molecule has 1 unspecified atom stereocenters. The Hall–Kier alpha value is -1.27. The largest absolute Gasteiger partial charge is 0.490 e. The van der Waals surface area contributed by atoms with Crippen molar-refractivity contribution in [3.05, 3.63) is 22.2 Å². The first kappa shape index (κ1) is 15.1. The Morgan fingerprint density at radius 1 is 1.35 bits per heavy atom. The van der Waals surface area contributed by atoms with E-state index in [2.05, 4.69) is 21.2 Å². The van der Waals surface area contributed by atoms with E-state index in [9.17, 15) is 9.90 Å². The Kier molecular flexibility index (Phi) is 4.88. The Bertz CT molecular complexity index is 504. The van der Waals surface area contributed by atoms with E-state index in [1.165, 1.54) is 0 Å². The summed E-state index contributed by atoms with van der Waals surface area (Å²) in [6, 6.07) is 2.79. The minimum atomic E-state index is -0.917. The highest BCUT2D eigenvalue weighted by Crippen LogP contribution is 2.39. The van der Waals surface area contributed by atoms with E-state index in [4.69, 9.17) is 9.47 Å². The Balaban J connectivity index is 2.38. The number of nitrogens with one attached hydrogen (secondary N) is 1. The average molecular weight is 344 g/mol. The predicted octanol–water partition coefficient (Wildman–Crippen LogP) is 2.73. The first-order valence-electron chi connectivity index (χ1n) is 6.57. The first-order chi connectivity index (χ1) is 9.49. The molecule has 5 nitrogen and oxygen atoms in total. The number of carbonyl (C=O) groups is 1. The fourth-order valence-electron chi connectivity index (χ4n) is 2.06. The van der Waals surface area contributed by atoms with Crippen LogP contribution in [0.5, 0.6) is 11.5 Å². The molecule has 0 bridgehead atoms. The van der Waals surface area contributed by atoms with Crippen LogP contribution in [0.25, 0.3) is 0 Å². The minimum absolute atomic E-state index is 0.0610. The molecule has 1 heterocycles. The summed E-state index contributed by atoms with van der Waals surface area (Å²) in [5.74, 6) is 0.309. The van der Waals surface area contributed by atoms with Gasteiger partial charge in [0.05, 0.1) is 17.7 Å². The molecule has 20 heavy (non-hydrogen) atoms. The van der Waals surface area contributed by atoms with Crippen LogP contribution < -0.4 is 14.8 Å². The van der Waals surface area contributed by atoms with Gasteiger partial charge in [-0.25, -0.2) is 0 Å². The molecular formula is C14H18BrNO4. The molecule has 0 amide bonds. The third-order valence-electron chi connectivity index (χ3n) is 2.90. The van der Waals surface area contributed by atoms with Crippen molar-refractivity contribution in [3.8, 4) is 11.5 Å². The molecule has 0 saturated heterocycles. The van der Waals surface area contributed by atoms with Crippen molar-refractivity contribution < 1.29 is 19.4 Å². The SMILES string of the molecule is CC(C)NC(C(=O)O)c1cc(Br)c2c(c1)OCCCO2. The molecule has 0 aromatic heterocycles. The number of hydrogen-bond acceptors (Lipinski definition) is 4. The van der Waals surface area contributed by atoms with Crippen molar-refractivity contribution in [2.24, 2.45) is 0 Å². The number of carboxylic acid groups (broad SMARTS) is 1. The maximum absolute atomic E-state index is 11.4. The molecule has 1 aliphatic rings. The second-order valence-corrected chi connectivity index (χ2v) is 5.83. The number of ether oxygens (including phenoxy) is 2. The van der Waals surface area contributed by atoms with Gasteiger partial charge in [0.2, 0.25) is 0 Å². The van der Waals surface area contributed by atoms with Crippen molar-refractivity contribution in [1.82, 2.24) is 5.32 Å². The first-order valence-corrected chi connectivity index (χ1v) is 7.36. The molecule has 0 aliphatic carbocycles. The zero-order valence-corrected chi connectivity index (χ0v) is 13.1. The smallest absolute Gasteiger partial charge is 0.325 e. The van der Waals surface area contributed by atoms with Crippen molar-refractivity contribution >= 4 is 21.9 Å². The van der Waals surface area contributed by atoms with Crippen LogP contribution in [0.3, 0.4) is 0 Å². The summed E-state index contributed by atoms with van der Waals surface area (Å²) < 4.78 is 12.0. The van der Waals surface area contributed by atoms with Crippen LogP contribution in [0.1, 0.15) is 31.9 Å². The molecule has 0 radical (unpaired) electrons. The van der Waals surface area contributed by atoms with E-state index in [1.54, 1.807) is 12.1 Å². The van der Waals surface area contributed by atoms with Gasteiger partial charge in [-0.1, -0.05) is 0 Å². The topological polar surface area (TPSA) is 67.8 Å². The highest BCUT2D eigenvalue weighted by Gasteiger charge is 2.24. The number of carboxylic acids is 1. The predicted molar refractivity (Wildman–Crippen MR) is 78.4 cm³/mol. The molecule has 1 atom stereocenters. The summed E-state index contributed by atoms with van der Waals surface area (Å²) in [7, 11) is 0. The molecular weight excluding hydrogens is 326 g/mol. The van der Waals surface area contributed by atoms with Gasteiger partial charge in [-0.15, -0.1) is 0 Å². The molecule has 2 rings (SSSR count). The fraction of sp³-hybridized carbons (Fsp3) is 0.500. The van der Waals surface area contributed by atoms with Gasteiger partial charge in [-0.05, 0) is 47.5 Å². The van der Waals surface area contributed by atoms with E-state index >= 15 is 0 Å². The number of aliphatic carboxylic acids is 1. The lowest BCUT2D eigenvalue weighted by atomic mass is 10.1. The van der Waals surface area contributed by atoms with E-state index in [1.807, 2.05) is 13.8 Å². The van der Waals surface area contributed by atoms with Gasteiger partial charge in [0, 0.05) is 12.5 Å². The second-order valence-electron chi connectivity index (χ2n) is 4.97. The minimum Gasteiger partial charge on any atom is -0.490 e. The number of hydrogen-bond donors (Lipinski definition) is 2. The third-order valence-corrected chi connectivity index (χ3v) is 3.49. The summed E-state index contributed by atoms with van der Waals surface area (Å²) in [6.45, 7) is 4.98. The Morgan fingerprint density at radius 3 is 2.70 bits per heavy atom. The van der Waals surface area contributed by atoms with Gasteiger partial charge in [0.25, 0.3) is 0 Å². The lowest BCUT2D eigenvalue weighted by molar-refractivity contribution is -0.139. The third kappa shape index (κ3) is 3.43. The quantitative estimate of drug-likeness (QED) is 0.879. The van der Waals surface area contributed by atoms with Gasteiger partial charge in [-0.3, -0.25) is 10.1 Å². The van der Waals surface area contributed by atoms with E-state index in [0.717, 1.165) is 6.42 Å². The van der Waals surface area contributed by atoms with Crippen molar-refractivity contribution in [3.63, 3.8) is 0 Å². The van der Waals surface area contributed by atoms with Gasteiger partial charge in [0.1, 0.15) is 6.04 Å². The molecule has 2 N–H and O–H groups in total. The molecule has 0 saturated carbocycles. The van der Waals surface area contributed by atoms with Crippen LogP contribution in [0.2, 0.25) is 0 Å². The Morgan fingerprint density at radius 2 is 2.05 bits per heavy atom. The van der Waals surface area contributed by atoms with Crippen LogP contribution in [-0.2, 0) is 4.79 Å². The number of rotatable bonds is 4. The molecule has 0 fully saturated rings. The lowest BCUT2D eigenvalue weighted by Gasteiger charge is -2.19. The standard InChI is InChI=1S/C14H18BrNO4/c1-8(2)16-12(14(17)18)9-6-10(15)13-11(7-9)19-4-3-5-20-13/h6-8,12,16H,3-5H2,1-2H3,(H,17,18). The van der Waals surface area contributed by atoms with Crippen molar-refractivity contribution in [2.75, 3.05) is 13.2 Å². The van der Waals surface area contributed by atoms with Crippen LogP contribution in [0.15, 0.2) is 16.6 Å². The highest BCUT2D eigenvalue weighted by atomic mass is 79.9. The van der Waals surface area contributed by atoms with Crippen molar-refractivity contribution in [2.45, 2.75) is 32.4 Å². The fourth-order valence-corrected chi connectivity index (χ4v) is 2.64. The van der Waals surface area contributed by atoms with Gasteiger partial charge < -0.3 is 14.6 Å². The van der Waals surface area contributed by atoms with Crippen LogP contribution in [0, 0.1) is 0 Å². The van der Waals surface area contributed by atoms with E-state index in [-0.39, 0.29) is 6.04 Å². The summed E-state index contributed by atoms with van der Waals surface area (Å²) >= 11 is 3.43. The molecule has 0 spiro atoms. The van der Waals surface area contributed by atoms with Crippen molar-refractivity contribution in [1.29, 1.82) is 0 Å². The summed E-state index contributed by atoms with van der Waals surface area (Å²) in [5, 5.41) is 12.4. The summed E-state index contributed by atoms with van der Waals surface area (Å²) in [5.41, 5.74) is 0.641. The zero-order chi connectivity index (χ0) is 14.7. The molecule has 1 aliphatic heterocycles. The second kappa shape index (κ2) is 6.45. The molecule has 6 heteroatoms. The zero-order valence-electron chi connectivity index (χ0n) is 11.5. The number of benzene rings is 1. The molecule has 1 aromatic carbocycles. The van der Waals surface area contributed by atoms with Crippen LogP contribution in [-0.4, -0.2) is 30.3 Å². The monoisotopic (exact) mass is 343 g/mol. The number of halogens is 1. The van der Waals surface area contributed by atoms with E-state index < -0.39 is 12.0 Å². The highest BCUT2D eigenvalue weighted by molar-refractivity contribution is 9.10. The van der Waals surface area contributed by atoms with Crippen LogP contribution in [0.4, 0.5) is 0 Å². The Labute approximate surface area is 126 Å². The van der Waals surface area contributed by atoms with Gasteiger partial charge in [-0.2, -0.15) is 0 Å². The maximum atomic E-state index is 11.4. The normalized spacial score (nSPS) is 15.8. The summed E-state index contributed by atoms with van der Waals surface area (Å²) in [6.07, 6.45) is 0.809. The summed E-state index contributed by atoms with van der Waals surface area (Å²) in [4.78, 5) is 11.4. The molecule has 110 valence electrons. The molecule has 1 aromatic rings. The van der Waals surface area contributed by atoms with Gasteiger partial charge in [0.15, 0.2) is 11.5 Å². The maximum Gasteiger partial charge on any atom is 0.325 e. The number of fused-ring (bicyclic) bond motifs is 1. The lowest BCUT2D eigenvalue weighted by Crippen LogP contribution is -2.33. The average Bonchev–Trinajstić information content (AvgIpc) is 2.60.